The second-order valence-corrected chi connectivity index (χ2v) is 6.51. The number of hydrogen-bond acceptors (Lipinski definition) is 5. The number of aromatic amines is 2. The average Bonchev–Trinajstić information content (AvgIpc) is 3.27. The molecule has 4 aromatic rings. The number of aromatic nitrogens is 5. The van der Waals surface area contributed by atoms with E-state index < -0.39 is 0 Å². The third kappa shape index (κ3) is 2.77. The number of ether oxygens (including phenoxy) is 1. The number of pyridine rings is 2. The smallest absolute Gasteiger partial charge is 0.327 e. The van der Waals surface area contributed by atoms with Gasteiger partial charge in [0.2, 0.25) is 5.91 Å². The predicted molar refractivity (Wildman–Crippen MR) is 98.2 cm³/mol. The van der Waals surface area contributed by atoms with E-state index in [1.54, 1.807) is 17.0 Å². The molecule has 1 aliphatic heterocycles. The van der Waals surface area contributed by atoms with Gasteiger partial charge < -0.3 is 15.0 Å². The Hall–Kier alpha value is -3.46. The van der Waals surface area contributed by atoms with E-state index in [2.05, 4.69) is 25.3 Å². The van der Waals surface area contributed by atoms with E-state index in [4.69, 9.17) is 4.74 Å². The lowest BCUT2D eigenvalue weighted by molar-refractivity contribution is -0.133. The number of nitrogens with zero attached hydrogens (tertiary/aromatic N) is 3. The number of imidazole rings is 1. The van der Waals surface area contributed by atoms with Crippen LogP contribution in [0.3, 0.4) is 0 Å². The summed E-state index contributed by atoms with van der Waals surface area (Å²) in [7, 11) is 0. The third-order valence-electron chi connectivity index (χ3n) is 4.73. The third-order valence-corrected chi connectivity index (χ3v) is 4.73. The summed E-state index contributed by atoms with van der Waals surface area (Å²) in [4.78, 5) is 38.2. The molecule has 0 bridgehead atoms. The van der Waals surface area contributed by atoms with E-state index in [0.29, 0.717) is 24.3 Å². The first kappa shape index (κ1) is 15.8. The van der Waals surface area contributed by atoms with E-state index in [0.717, 1.165) is 22.2 Å². The molecule has 136 valence electrons. The van der Waals surface area contributed by atoms with Crippen molar-refractivity contribution in [3.05, 3.63) is 47.3 Å². The molecule has 5 heterocycles. The maximum Gasteiger partial charge on any atom is 0.327 e. The molecule has 1 atom stereocenters. The molecular weight excluding hydrogens is 348 g/mol. The highest BCUT2D eigenvalue weighted by molar-refractivity contribution is 5.84. The van der Waals surface area contributed by atoms with Crippen molar-refractivity contribution in [2.45, 2.75) is 12.6 Å². The first-order valence-corrected chi connectivity index (χ1v) is 8.58. The molecule has 1 unspecified atom stereocenters. The van der Waals surface area contributed by atoms with Crippen LogP contribution in [0.4, 0.5) is 0 Å². The van der Waals surface area contributed by atoms with Gasteiger partial charge in [-0.15, -0.1) is 0 Å². The summed E-state index contributed by atoms with van der Waals surface area (Å²) < 4.78 is 7.10. The van der Waals surface area contributed by atoms with Crippen LogP contribution in [0.2, 0.25) is 0 Å². The molecule has 9 heteroatoms. The number of H-pyrrole nitrogens is 2. The Morgan fingerprint density at radius 1 is 1.15 bits per heavy atom. The molecule has 0 aliphatic carbocycles. The molecule has 4 aromatic heterocycles. The summed E-state index contributed by atoms with van der Waals surface area (Å²) in [6, 6.07) is 5.90. The Bertz CT molecular complexity index is 1210. The van der Waals surface area contributed by atoms with Crippen LogP contribution in [0.15, 0.2) is 41.6 Å². The van der Waals surface area contributed by atoms with Crippen LogP contribution < -0.4 is 11.0 Å². The minimum atomic E-state index is -0.263. The van der Waals surface area contributed by atoms with E-state index >= 15 is 0 Å². The zero-order valence-electron chi connectivity index (χ0n) is 14.2. The number of morpholine rings is 1. The number of carbonyl (C=O) groups is 1. The van der Waals surface area contributed by atoms with Crippen molar-refractivity contribution in [1.29, 1.82) is 0 Å². The van der Waals surface area contributed by atoms with Gasteiger partial charge in [0.05, 0.1) is 18.2 Å². The molecule has 1 saturated heterocycles. The van der Waals surface area contributed by atoms with Crippen LogP contribution >= 0.6 is 0 Å². The normalized spacial score (nSPS) is 17.5. The summed E-state index contributed by atoms with van der Waals surface area (Å²) in [6.07, 6.45) is 5.07. The first-order chi connectivity index (χ1) is 13.2. The number of fused-ring (bicyclic) bond motifs is 2. The zero-order chi connectivity index (χ0) is 18.4. The lowest BCUT2D eigenvalue weighted by atomic mass is 10.1. The fourth-order valence-corrected chi connectivity index (χ4v) is 3.32. The topological polar surface area (TPSA) is 118 Å². The van der Waals surface area contributed by atoms with Crippen LogP contribution in [0.5, 0.6) is 0 Å². The average molecular weight is 364 g/mol. The van der Waals surface area contributed by atoms with Crippen molar-refractivity contribution in [2.24, 2.45) is 0 Å². The van der Waals surface area contributed by atoms with Gasteiger partial charge in [0.1, 0.15) is 12.3 Å². The molecule has 9 nitrogen and oxygen atoms in total. The predicted octanol–water partition coefficient (Wildman–Crippen LogP) is 0.783. The second kappa shape index (κ2) is 6.06. The van der Waals surface area contributed by atoms with Gasteiger partial charge in [-0.3, -0.25) is 14.3 Å². The fourth-order valence-electron chi connectivity index (χ4n) is 3.32. The summed E-state index contributed by atoms with van der Waals surface area (Å²) in [5.41, 5.74) is 3.55. The van der Waals surface area contributed by atoms with E-state index in [1.165, 1.54) is 0 Å². The van der Waals surface area contributed by atoms with Crippen molar-refractivity contribution >= 4 is 28.1 Å². The largest absolute Gasteiger partial charge is 0.365 e. The monoisotopic (exact) mass is 364 g/mol. The SMILES string of the molecule is O=C1COC(Cn2c(=O)[nH]c3ncc(-c4cnc5[nH]ccc5c4)cc32)CN1. The van der Waals surface area contributed by atoms with Crippen LogP contribution in [0.1, 0.15) is 0 Å². The van der Waals surface area contributed by atoms with Crippen molar-refractivity contribution in [3.63, 3.8) is 0 Å². The van der Waals surface area contributed by atoms with Crippen LogP contribution in [-0.4, -0.2) is 49.7 Å². The van der Waals surface area contributed by atoms with Gasteiger partial charge in [-0.05, 0) is 18.2 Å². The highest BCUT2D eigenvalue weighted by Crippen LogP contribution is 2.24. The van der Waals surface area contributed by atoms with Gasteiger partial charge in [0.15, 0.2) is 5.65 Å². The molecule has 0 saturated carbocycles. The Labute approximate surface area is 152 Å². The van der Waals surface area contributed by atoms with E-state index in [9.17, 15) is 9.59 Å². The highest BCUT2D eigenvalue weighted by atomic mass is 16.5. The van der Waals surface area contributed by atoms with Gasteiger partial charge in [-0.25, -0.2) is 14.8 Å². The number of nitrogens with one attached hydrogen (secondary N) is 3. The Morgan fingerprint density at radius 3 is 2.78 bits per heavy atom. The minimum absolute atomic E-state index is 0.00756. The molecule has 1 aliphatic rings. The fraction of sp³-hybridized carbons (Fsp3) is 0.222. The van der Waals surface area contributed by atoms with Crippen molar-refractivity contribution < 1.29 is 9.53 Å². The van der Waals surface area contributed by atoms with Gasteiger partial charge in [-0.1, -0.05) is 0 Å². The number of rotatable bonds is 3. The van der Waals surface area contributed by atoms with E-state index in [1.807, 2.05) is 24.4 Å². The molecule has 27 heavy (non-hydrogen) atoms. The molecule has 5 rings (SSSR count). The van der Waals surface area contributed by atoms with Crippen molar-refractivity contribution in [3.8, 4) is 11.1 Å². The molecule has 0 aromatic carbocycles. The lowest BCUT2D eigenvalue weighted by Crippen LogP contribution is -2.45. The molecular formula is C18H16N6O3. The van der Waals surface area contributed by atoms with Crippen LogP contribution in [-0.2, 0) is 16.1 Å². The van der Waals surface area contributed by atoms with Crippen molar-refractivity contribution in [1.82, 2.24) is 29.8 Å². The Morgan fingerprint density at radius 2 is 1.96 bits per heavy atom. The minimum Gasteiger partial charge on any atom is -0.365 e. The summed E-state index contributed by atoms with van der Waals surface area (Å²) in [5, 5.41) is 3.75. The molecule has 1 amide bonds. The number of carbonyl (C=O) groups excluding carboxylic acids is 1. The van der Waals surface area contributed by atoms with Gasteiger partial charge >= 0.3 is 5.69 Å². The lowest BCUT2D eigenvalue weighted by Gasteiger charge is -2.23. The second-order valence-electron chi connectivity index (χ2n) is 6.51. The zero-order valence-corrected chi connectivity index (χ0v) is 14.2. The van der Waals surface area contributed by atoms with Gasteiger partial charge in [-0.2, -0.15) is 0 Å². The molecule has 0 radical (unpaired) electrons. The summed E-state index contributed by atoms with van der Waals surface area (Å²) >= 11 is 0. The standard InChI is InChI=1S/C18H16N6O3/c25-15-9-27-13(7-20-15)8-24-14-4-12(6-22-17(14)23-18(24)26)11-3-10-1-2-19-16(10)21-5-11/h1-6,13H,7-9H2,(H,19,21)(H,20,25)(H,22,23,26). The van der Waals surface area contributed by atoms with E-state index in [-0.39, 0.29) is 24.3 Å². The van der Waals surface area contributed by atoms with Crippen LogP contribution in [0, 0.1) is 0 Å². The first-order valence-electron chi connectivity index (χ1n) is 8.58. The quantitative estimate of drug-likeness (QED) is 0.497. The summed E-state index contributed by atoms with van der Waals surface area (Å²) in [5.74, 6) is -0.144. The molecule has 1 fully saturated rings. The maximum atomic E-state index is 12.4. The molecule has 3 N–H and O–H groups in total. The Balaban J connectivity index is 1.54. The van der Waals surface area contributed by atoms with Gasteiger partial charge in [0.25, 0.3) is 0 Å². The molecule has 0 spiro atoms. The highest BCUT2D eigenvalue weighted by Gasteiger charge is 2.21. The Kier molecular flexibility index (Phi) is 3.54. The van der Waals surface area contributed by atoms with Gasteiger partial charge in [0, 0.05) is 41.6 Å². The number of hydrogen-bond donors (Lipinski definition) is 3. The summed E-state index contributed by atoms with van der Waals surface area (Å²) in [6.45, 7) is 0.714. The van der Waals surface area contributed by atoms with Crippen LogP contribution in [0.25, 0.3) is 33.3 Å². The number of amides is 1. The maximum absolute atomic E-state index is 12.4. The van der Waals surface area contributed by atoms with Crippen molar-refractivity contribution in [2.75, 3.05) is 13.2 Å².